The molecular formula is C9H14ClO5P. The van der Waals surface area contributed by atoms with Gasteiger partial charge in [-0.1, -0.05) is 0 Å². The van der Waals surface area contributed by atoms with E-state index in [0.717, 1.165) is 0 Å². The molecule has 5 nitrogen and oxygen atoms in total. The minimum Gasteiger partial charge on any atom is -0.455 e. The van der Waals surface area contributed by atoms with Gasteiger partial charge in [0.15, 0.2) is 5.60 Å². The molecule has 1 saturated heterocycles. The highest BCUT2D eigenvalue weighted by Gasteiger charge is 2.56. The molecule has 0 spiro atoms. The number of hydrogen-bond donors (Lipinski definition) is 0. The molecule has 1 aliphatic heterocycles. The largest absolute Gasteiger partial charge is 0.455 e. The monoisotopic (exact) mass is 268 g/mol. The van der Waals surface area contributed by atoms with E-state index in [-0.39, 0.29) is 6.16 Å². The highest BCUT2D eigenvalue weighted by atomic mass is 35.7. The summed E-state index contributed by atoms with van der Waals surface area (Å²) < 4.78 is 22.0. The zero-order chi connectivity index (χ0) is 12.6. The van der Waals surface area contributed by atoms with E-state index in [4.69, 9.17) is 20.7 Å². The van der Waals surface area contributed by atoms with Crippen LogP contribution < -0.4 is 0 Å². The average Bonchev–Trinajstić information content (AvgIpc) is 2.28. The predicted octanol–water partition coefficient (Wildman–Crippen LogP) is 2.12. The van der Waals surface area contributed by atoms with Crippen molar-refractivity contribution in [3.8, 4) is 0 Å². The van der Waals surface area contributed by atoms with Crippen LogP contribution in [-0.4, -0.2) is 29.5 Å². The molecule has 0 aromatic heterocycles. The van der Waals surface area contributed by atoms with Gasteiger partial charge in [0, 0.05) is 20.0 Å². The fraction of sp³-hybridized carbons (Fsp3) is 0.778. The lowest BCUT2D eigenvalue weighted by atomic mass is 10.1. The van der Waals surface area contributed by atoms with Crippen molar-refractivity contribution in [2.24, 2.45) is 0 Å². The molecule has 0 aliphatic carbocycles. The van der Waals surface area contributed by atoms with E-state index in [0.29, 0.717) is 6.42 Å². The van der Waals surface area contributed by atoms with Gasteiger partial charge in [-0.25, -0.2) is 0 Å². The van der Waals surface area contributed by atoms with Gasteiger partial charge in [0.25, 0.3) is 0 Å². The first-order chi connectivity index (χ1) is 7.17. The molecular weight excluding hydrogens is 255 g/mol. The van der Waals surface area contributed by atoms with Crippen molar-refractivity contribution in [1.82, 2.24) is 0 Å². The number of halogens is 1. The van der Waals surface area contributed by atoms with E-state index in [9.17, 15) is 14.2 Å². The molecule has 0 amide bonds. The number of carbonyl (C=O) groups is 2. The second kappa shape index (κ2) is 4.38. The van der Waals surface area contributed by atoms with Crippen molar-refractivity contribution in [1.29, 1.82) is 0 Å². The summed E-state index contributed by atoms with van der Waals surface area (Å²) in [6.45, 7) is 0.882. The molecule has 16 heavy (non-hydrogen) atoms. The smallest absolute Gasteiger partial charge is 0.303 e. The zero-order valence-electron chi connectivity index (χ0n) is 9.36. The number of ether oxygens (including phenoxy) is 2. The van der Waals surface area contributed by atoms with Crippen LogP contribution in [0.1, 0.15) is 27.2 Å². The molecule has 0 N–H and O–H groups in total. The zero-order valence-corrected chi connectivity index (χ0v) is 11.0. The Kier molecular flexibility index (Phi) is 3.70. The van der Waals surface area contributed by atoms with Crippen LogP contribution in [0.25, 0.3) is 0 Å². The maximum atomic E-state index is 12.0. The topological polar surface area (TPSA) is 69.7 Å². The molecule has 0 saturated carbocycles. The minimum absolute atomic E-state index is 0.191. The van der Waals surface area contributed by atoms with Gasteiger partial charge in [-0.3, -0.25) is 9.59 Å². The van der Waals surface area contributed by atoms with E-state index in [1.54, 1.807) is 6.92 Å². The SMILES string of the molecule is CC(=O)OC1C(C)(OC(C)=O)CCP1(=O)Cl. The second-order valence-electron chi connectivity index (χ2n) is 4.04. The lowest BCUT2D eigenvalue weighted by molar-refractivity contribution is -0.170. The van der Waals surface area contributed by atoms with Gasteiger partial charge >= 0.3 is 11.9 Å². The molecule has 0 radical (unpaired) electrons. The molecule has 0 aromatic carbocycles. The summed E-state index contributed by atoms with van der Waals surface area (Å²) in [5.74, 6) is -2.16. The number of esters is 2. The van der Waals surface area contributed by atoms with Gasteiger partial charge in [-0.05, 0) is 24.6 Å². The standard InChI is InChI=1S/C9H14ClO5P/c1-6(11)14-8-9(3,15-7(2)12)4-5-16(8,10)13/h8H,4-5H2,1-3H3. The van der Waals surface area contributed by atoms with Crippen LogP contribution >= 0.6 is 17.7 Å². The minimum atomic E-state index is -3.13. The van der Waals surface area contributed by atoms with Crippen molar-refractivity contribution < 1.29 is 23.6 Å². The van der Waals surface area contributed by atoms with Gasteiger partial charge in [-0.15, -0.1) is 0 Å². The van der Waals surface area contributed by atoms with Crippen molar-refractivity contribution in [3.05, 3.63) is 0 Å². The Morgan fingerprint density at radius 1 is 1.38 bits per heavy atom. The quantitative estimate of drug-likeness (QED) is 0.567. The molecule has 0 aromatic rings. The fourth-order valence-electron chi connectivity index (χ4n) is 1.81. The van der Waals surface area contributed by atoms with Gasteiger partial charge in [-0.2, -0.15) is 0 Å². The van der Waals surface area contributed by atoms with E-state index in [1.165, 1.54) is 13.8 Å². The second-order valence-corrected chi connectivity index (χ2v) is 8.08. The number of hydrogen-bond acceptors (Lipinski definition) is 5. The van der Waals surface area contributed by atoms with Crippen LogP contribution in [0.4, 0.5) is 0 Å². The molecule has 1 fully saturated rings. The maximum absolute atomic E-state index is 12.0. The molecule has 0 bridgehead atoms. The number of rotatable bonds is 2. The van der Waals surface area contributed by atoms with Crippen molar-refractivity contribution in [2.45, 2.75) is 38.6 Å². The van der Waals surface area contributed by atoms with Gasteiger partial charge in [0.1, 0.15) is 0 Å². The third kappa shape index (κ3) is 2.77. The summed E-state index contributed by atoms with van der Waals surface area (Å²) in [5.41, 5.74) is -1.09. The Bertz CT molecular complexity index is 369. The Balaban J connectivity index is 2.97. The van der Waals surface area contributed by atoms with Crippen LogP contribution in [0.3, 0.4) is 0 Å². The summed E-state index contributed by atoms with van der Waals surface area (Å²) in [5, 5.41) is 0. The maximum Gasteiger partial charge on any atom is 0.303 e. The van der Waals surface area contributed by atoms with Crippen LogP contribution in [-0.2, 0) is 23.6 Å². The Morgan fingerprint density at radius 2 is 1.94 bits per heavy atom. The summed E-state index contributed by atoms with van der Waals surface area (Å²) in [6.07, 6.45) is 0.515. The molecule has 92 valence electrons. The first-order valence-electron chi connectivity index (χ1n) is 4.82. The Labute approximate surface area is 98.6 Å². The summed E-state index contributed by atoms with van der Waals surface area (Å²) in [6, 6.07) is 0. The van der Waals surface area contributed by atoms with Gasteiger partial charge < -0.3 is 14.0 Å². The third-order valence-electron chi connectivity index (χ3n) is 2.44. The van der Waals surface area contributed by atoms with Crippen molar-refractivity contribution in [3.63, 3.8) is 0 Å². The average molecular weight is 269 g/mol. The van der Waals surface area contributed by atoms with Crippen LogP contribution in [0.2, 0.25) is 0 Å². The molecule has 1 heterocycles. The van der Waals surface area contributed by atoms with Crippen LogP contribution in [0.15, 0.2) is 0 Å². The van der Waals surface area contributed by atoms with E-state index < -0.39 is 29.9 Å². The van der Waals surface area contributed by atoms with Crippen LogP contribution in [0, 0.1) is 0 Å². The molecule has 3 unspecified atom stereocenters. The molecule has 1 aliphatic rings. The number of carbonyl (C=O) groups excluding carboxylic acids is 2. The highest BCUT2D eigenvalue weighted by Crippen LogP contribution is 2.66. The lowest BCUT2D eigenvalue weighted by Gasteiger charge is -2.30. The van der Waals surface area contributed by atoms with Gasteiger partial charge in [0.05, 0.1) is 0 Å². The lowest BCUT2D eigenvalue weighted by Crippen LogP contribution is -2.40. The summed E-state index contributed by atoms with van der Waals surface area (Å²) in [4.78, 5) is 21.9. The van der Waals surface area contributed by atoms with Crippen molar-refractivity contribution >= 4 is 29.7 Å². The first-order valence-corrected chi connectivity index (χ1v) is 7.69. The van der Waals surface area contributed by atoms with Gasteiger partial charge in [0.2, 0.25) is 12.3 Å². The van der Waals surface area contributed by atoms with E-state index in [1.807, 2.05) is 0 Å². The van der Waals surface area contributed by atoms with Crippen molar-refractivity contribution in [2.75, 3.05) is 6.16 Å². The van der Waals surface area contributed by atoms with Crippen LogP contribution in [0.5, 0.6) is 0 Å². The Morgan fingerprint density at radius 3 is 2.38 bits per heavy atom. The van der Waals surface area contributed by atoms with E-state index in [2.05, 4.69) is 0 Å². The molecule has 7 heteroatoms. The normalized spacial score (nSPS) is 38.1. The Hall–Kier alpha value is -0.540. The third-order valence-corrected chi connectivity index (χ3v) is 5.66. The fourth-order valence-corrected chi connectivity index (χ4v) is 5.09. The molecule has 3 atom stereocenters. The first kappa shape index (κ1) is 13.5. The molecule has 1 rings (SSSR count). The highest BCUT2D eigenvalue weighted by molar-refractivity contribution is 7.89. The summed E-state index contributed by atoms with van der Waals surface area (Å²) in [7, 11) is 0. The predicted molar refractivity (Wildman–Crippen MR) is 58.7 cm³/mol. The van der Waals surface area contributed by atoms with E-state index >= 15 is 0 Å². The summed E-state index contributed by atoms with van der Waals surface area (Å²) >= 11 is 5.83.